The summed E-state index contributed by atoms with van der Waals surface area (Å²) >= 11 is 0. The van der Waals surface area contributed by atoms with E-state index < -0.39 is 0 Å². The van der Waals surface area contributed by atoms with Gasteiger partial charge in [0.2, 0.25) is 5.91 Å². The number of amides is 2. The van der Waals surface area contributed by atoms with Gasteiger partial charge in [-0.3, -0.25) is 9.59 Å². The maximum atomic E-state index is 12.2. The minimum Gasteiger partial charge on any atom is -0.399 e. The molecule has 2 rings (SSSR count). The highest BCUT2D eigenvalue weighted by molar-refractivity contribution is 5.95. The number of nitrogens with two attached hydrogens (primary N) is 1. The number of aryl methyl sites for hydroxylation is 1. The second-order valence-corrected chi connectivity index (χ2v) is 7.46. The Labute approximate surface area is 167 Å². The first-order valence-electron chi connectivity index (χ1n) is 8.71. The predicted octanol–water partition coefficient (Wildman–Crippen LogP) is 4.06. The monoisotopic (exact) mass is 389 g/mol. The Morgan fingerprint density at radius 2 is 1.67 bits per heavy atom. The molecular formula is C21H28ClN3O2. The molecular weight excluding hydrogens is 362 g/mol. The highest BCUT2D eigenvalue weighted by Gasteiger charge is 2.14. The van der Waals surface area contributed by atoms with Crippen molar-refractivity contribution in [3.63, 3.8) is 0 Å². The third-order valence-electron chi connectivity index (χ3n) is 4.19. The molecule has 0 bridgehead atoms. The van der Waals surface area contributed by atoms with Crippen LogP contribution in [-0.2, 0) is 10.2 Å². The Morgan fingerprint density at radius 1 is 1.04 bits per heavy atom. The van der Waals surface area contributed by atoms with E-state index in [1.54, 1.807) is 12.1 Å². The smallest absolute Gasteiger partial charge is 0.251 e. The van der Waals surface area contributed by atoms with Gasteiger partial charge >= 0.3 is 0 Å². The van der Waals surface area contributed by atoms with Crippen LogP contribution in [0.3, 0.4) is 0 Å². The van der Waals surface area contributed by atoms with Gasteiger partial charge in [-0.15, -0.1) is 12.4 Å². The van der Waals surface area contributed by atoms with Crippen molar-refractivity contribution in [1.29, 1.82) is 0 Å². The van der Waals surface area contributed by atoms with E-state index in [1.807, 2.05) is 37.3 Å². The summed E-state index contributed by atoms with van der Waals surface area (Å²) in [6.45, 7) is 8.55. The van der Waals surface area contributed by atoms with Gasteiger partial charge in [-0.2, -0.15) is 0 Å². The highest BCUT2D eigenvalue weighted by Crippen LogP contribution is 2.22. The SMILES string of the molecule is Cc1ccc(N)cc1NC(=O)CCNC(=O)c1ccc(C(C)(C)C)cc1.Cl. The van der Waals surface area contributed by atoms with Gasteiger partial charge in [0, 0.05) is 29.9 Å². The molecule has 0 saturated carbocycles. The maximum Gasteiger partial charge on any atom is 0.251 e. The van der Waals surface area contributed by atoms with E-state index in [4.69, 9.17) is 5.73 Å². The van der Waals surface area contributed by atoms with E-state index in [0.29, 0.717) is 16.9 Å². The molecule has 4 N–H and O–H groups in total. The third kappa shape index (κ3) is 6.61. The minimum absolute atomic E-state index is 0. The molecule has 0 spiro atoms. The predicted molar refractivity (Wildman–Crippen MR) is 114 cm³/mol. The van der Waals surface area contributed by atoms with Gasteiger partial charge in [0.05, 0.1) is 0 Å². The Morgan fingerprint density at radius 3 is 2.26 bits per heavy atom. The van der Waals surface area contributed by atoms with Crippen LogP contribution in [0, 0.1) is 6.92 Å². The number of halogens is 1. The summed E-state index contributed by atoms with van der Waals surface area (Å²) in [6, 6.07) is 12.9. The number of anilines is 2. The zero-order valence-corrected chi connectivity index (χ0v) is 17.1. The normalized spacial score (nSPS) is 10.7. The van der Waals surface area contributed by atoms with Gasteiger partial charge < -0.3 is 16.4 Å². The number of carbonyl (C=O) groups excluding carboxylic acids is 2. The molecule has 2 aromatic carbocycles. The second kappa shape index (κ2) is 9.42. The van der Waals surface area contributed by atoms with E-state index >= 15 is 0 Å². The molecule has 0 aliphatic heterocycles. The number of nitrogens with one attached hydrogen (secondary N) is 2. The lowest BCUT2D eigenvalue weighted by Crippen LogP contribution is -2.27. The van der Waals surface area contributed by atoms with E-state index in [0.717, 1.165) is 5.56 Å². The number of benzene rings is 2. The molecule has 0 atom stereocenters. The topological polar surface area (TPSA) is 84.2 Å². The molecule has 0 saturated heterocycles. The average Bonchev–Trinajstić information content (AvgIpc) is 2.57. The van der Waals surface area contributed by atoms with Crippen molar-refractivity contribution >= 4 is 35.6 Å². The van der Waals surface area contributed by atoms with Crippen molar-refractivity contribution in [2.24, 2.45) is 0 Å². The second-order valence-electron chi connectivity index (χ2n) is 7.46. The van der Waals surface area contributed by atoms with Crippen LogP contribution in [0.5, 0.6) is 0 Å². The molecule has 27 heavy (non-hydrogen) atoms. The van der Waals surface area contributed by atoms with E-state index in [1.165, 1.54) is 5.56 Å². The number of nitrogen functional groups attached to an aromatic ring is 1. The summed E-state index contributed by atoms with van der Waals surface area (Å²) in [5.74, 6) is -0.347. The fourth-order valence-electron chi connectivity index (χ4n) is 2.50. The van der Waals surface area contributed by atoms with E-state index in [-0.39, 0.29) is 42.6 Å². The molecule has 0 aromatic heterocycles. The maximum absolute atomic E-state index is 12.2. The van der Waals surface area contributed by atoms with Crippen LogP contribution in [-0.4, -0.2) is 18.4 Å². The van der Waals surface area contributed by atoms with Crippen molar-refractivity contribution in [1.82, 2.24) is 5.32 Å². The van der Waals surface area contributed by atoms with Gasteiger partial charge in [0.25, 0.3) is 5.91 Å². The molecule has 5 nitrogen and oxygen atoms in total. The number of hydrogen-bond acceptors (Lipinski definition) is 3. The average molecular weight is 390 g/mol. The molecule has 2 aromatic rings. The van der Waals surface area contributed by atoms with Crippen LogP contribution < -0.4 is 16.4 Å². The van der Waals surface area contributed by atoms with Crippen molar-refractivity contribution in [2.75, 3.05) is 17.6 Å². The zero-order chi connectivity index (χ0) is 19.3. The first-order chi connectivity index (χ1) is 12.2. The lowest BCUT2D eigenvalue weighted by Gasteiger charge is -2.19. The van der Waals surface area contributed by atoms with Crippen LogP contribution in [0.1, 0.15) is 48.7 Å². The van der Waals surface area contributed by atoms with Crippen LogP contribution in [0.15, 0.2) is 42.5 Å². The van der Waals surface area contributed by atoms with Gasteiger partial charge in [-0.1, -0.05) is 39.0 Å². The number of hydrogen-bond donors (Lipinski definition) is 3. The lowest BCUT2D eigenvalue weighted by molar-refractivity contribution is -0.116. The first kappa shape index (κ1) is 22.5. The van der Waals surface area contributed by atoms with Crippen molar-refractivity contribution < 1.29 is 9.59 Å². The molecule has 0 aliphatic rings. The first-order valence-corrected chi connectivity index (χ1v) is 8.71. The minimum atomic E-state index is -0.182. The molecule has 6 heteroatoms. The van der Waals surface area contributed by atoms with Crippen molar-refractivity contribution in [3.05, 3.63) is 59.2 Å². The molecule has 0 fully saturated rings. The zero-order valence-electron chi connectivity index (χ0n) is 16.3. The van der Waals surface area contributed by atoms with E-state index in [9.17, 15) is 9.59 Å². The summed E-state index contributed by atoms with van der Waals surface area (Å²) in [6.07, 6.45) is 0.194. The fraction of sp³-hybridized carbons (Fsp3) is 0.333. The Bertz CT molecular complexity index is 796. The third-order valence-corrected chi connectivity index (χ3v) is 4.19. The van der Waals surface area contributed by atoms with Crippen LogP contribution >= 0.6 is 12.4 Å². The summed E-state index contributed by atoms with van der Waals surface area (Å²) < 4.78 is 0. The molecule has 0 unspecified atom stereocenters. The quantitative estimate of drug-likeness (QED) is 0.674. The van der Waals surface area contributed by atoms with Crippen molar-refractivity contribution in [2.45, 2.75) is 39.5 Å². The highest BCUT2D eigenvalue weighted by atomic mass is 35.5. The molecule has 0 aliphatic carbocycles. The summed E-state index contributed by atoms with van der Waals surface area (Å²) in [4.78, 5) is 24.2. The van der Waals surface area contributed by atoms with Crippen LogP contribution in [0.4, 0.5) is 11.4 Å². The fourth-order valence-corrected chi connectivity index (χ4v) is 2.50. The Balaban J connectivity index is 0.00000364. The Hall–Kier alpha value is -2.53. The molecule has 146 valence electrons. The van der Waals surface area contributed by atoms with Crippen molar-refractivity contribution in [3.8, 4) is 0 Å². The van der Waals surface area contributed by atoms with Crippen LogP contribution in [0.25, 0.3) is 0 Å². The standard InChI is InChI=1S/C21H27N3O2.ClH/c1-14-5-10-17(22)13-18(14)24-19(25)11-12-23-20(26)15-6-8-16(9-7-15)21(2,3)4;/h5-10,13H,11-12,22H2,1-4H3,(H,23,26)(H,24,25);1H. The molecule has 0 heterocycles. The lowest BCUT2D eigenvalue weighted by atomic mass is 9.87. The largest absolute Gasteiger partial charge is 0.399 e. The number of rotatable bonds is 5. The van der Waals surface area contributed by atoms with Gasteiger partial charge in [-0.25, -0.2) is 0 Å². The number of carbonyl (C=O) groups is 2. The summed E-state index contributed by atoms with van der Waals surface area (Å²) in [7, 11) is 0. The Kier molecular flexibility index (Phi) is 7.85. The van der Waals surface area contributed by atoms with Gasteiger partial charge in [-0.05, 0) is 47.7 Å². The summed E-state index contributed by atoms with van der Waals surface area (Å²) in [5, 5.41) is 5.59. The van der Waals surface area contributed by atoms with E-state index in [2.05, 4.69) is 31.4 Å². The summed E-state index contributed by atoms with van der Waals surface area (Å²) in [5.41, 5.74) is 9.77. The van der Waals surface area contributed by atoms with Crippen LogP contribution in [0.2, 0.25) is 0 Å². The molecule has 2 amide bonds. The van der Waals surface area contributed by atoms with Gasteiger partial charge in [0.15, 0.2) is 0 Å². The van der Waals surface area contributed by atoms with Gasteiger partial charge in [0.1, 0.15) is 0 Å². The molecule has 0 radical (unpaired) electrons.